The van der Waals surface area contributed by atoms with E-state index in [0.29, 0.717) is 18.4 Å². The van der Waals surface area contributed by atoms with Gasteiger partial charge in [-0.05, 0) is 30.5 Å². The maximum absolute atomic E-state index is 12.6. The van der Waals surface area contributed by atoms with E-state index in [-0.39, 0.29) is 30.7 Å². The second kappa shape index (κ2) is 18.3. The first kappa shape index (κ1) is 34.9. The first-order valence-corrected chi connectivity index (χ1v) is 13.8. The molecule has 2 rings (SSSR count). The summed E-state index contributed by atoms with van der Waals surface area (Å²) in [5, 5.41) is 32.9. The summed E-state index contributed by atoms with van der Waals surface area (Å²) in [4.78, 5) is 46.5. The molecule has 1 aliphatic heterocycles. The molecule has 14 nitrogen and oxygen atoms in total. The van der Waals surface area contributed by atoms with Crippen LogP contribution in [0.4, 0.5) is 4.79 Å². The standard InChI is InChI=1S/C28H41NO13/c1-17(31)40-20-12-19(13-21(14-20)41-18(2)32)16-39-28(36)29-24-26(35)25(34)22(15-30)42-27(24)38-11-9-7-5-4-6-8-10-23(33)37-3/h12-14,22,24-27,30,34-35H,4-11,15-16H2,1-3H3,(H,29,36)/t22?,24?,25-,26?,27+/m0/s1. The van der Waals surface area contributed by atoms with E-state index in [1.165, 1.54) is 39.2 Å². The van der Waals surface area contributed by atoms with Gasteiger partial charge in [0.05, 0.1) is 13.7 Å². The summed E-state index contributed by atoms with van der Waals surface area (Å²) >= 11 is 0. The lowest BCUT2D eigenvalue weighted by Gasteiger charge is -2.42. The fraction of sp³-hybridized carbons (Fsp3) is 0.643. The predicted molar refractivity (Wildman–Crippen MR) is 144 cm³/mol. The van der Waals surface area contributed by atoms with Crippen molar-refractivity contribution in [1.82, 2.24) is 5.32 Å². The van der Waals surface area contributed by atoms with Crippen molar-refractivity contribution in [2.75, 3.05) is 20.3 Å². The summed E-state index contributed by atoms with van der Waals surface area (Å²) in [5.41, 5.74) is 0.332. The smallest absolute Gasteiger partial charge is 0.407 e. The Hall–Kier alpha value is -3.30. The number of aliphatic hydroxyl groups is 3. The van der Waals surface area contributed by atoms with E-state index in [4.69, 9.17) is 23.7 Å². The van der Waals surface area contributed by atoms with Gasteiger partial charge in [-0.25, -0.2) is 4.79 Å². The first-order valence-electron chi connectivity index (χ1n) is 13.8. The number of carbonyl (C=O) groups excluding carboxylic acids is 4. The molecule has 42 heavy (non-hydrogen) atoms. The van der Waals surface area contributed by atoms with Crippen LogP contribution in [0.2, 0.25) is 0 Å². The highest BCUT2D eigenvalue weighted by atomic mass is 16.7. The summed E-state index contributed by atoms with van der Waals surface area (Å²) in [5.74, 6) is -1.29. The summed E-state index contributed by atoms with van der Waals surface area (Å²) in [6, 6.07) is 2.94. The number of rotatable bonds is 16. The average molecular weight is 600 g/mol. The van der Waals surface area contributed by atoms with Gasteiger partial charge in [0, 0.05) is 32.9 Å². The number of hydrogen-bond acceptors (Lipinski definition) is 13. The lowest BCUT2D eigenvalue weighted by atomic mass is 9.97. The molecule has 0 saturated carbocycles. The number of alkyl carbamates (subject to hydrolysis) is 1. The molecule has 1 amide bonds. The molecular weight excluding hydrogens is 558 g/mol. The monoisotopic (exact) mass is 599 g/mol. The molecule has 4 N–H and O–H groups in total. The summed E-state index contributed by atoms with van der Waals surface area (Å²) in [7, 11) is 1.36. The number of hydrogen-bond donors (Lipinski definition) is 4. The molecule has 0 aliphatic carbocycles. The average Bonchev–Trinajstić information content (AvgIpc) is 2.93. The Morgan fingerprint density at radius 1 is 0.881 bits per heavy atom. The Bertz CT molecular complexity index is 999. The third-order valence-corrected chi connectivity index (χ3v) is 6.28. The van der Waals surface area contributed by atoms with Crippen molar-refractivity contribution in [3.8, 4) is 11.5 Å². The van der Waals surface area contributed by atoms with E-state index in [1.807, 2.05) is 0 Å². The molecule has 1 heterocycles. The van der Waals surface area contributed by atoms with Crippen LogP contribution in [0.15, 0.2) is 18.2 Å². The Morgan fingerprint density at radius 2 is 1.48 bits per heavy atom. The van der Waals surface area contributed by atoms with Crippen molar-refractivity contribution in [1.29, 1.82) is 0 Å². The Balaban J connectivity index is 1.91. The third kappa shape index (κ3) is 12.3. The molecule has 5 atom stereocenters. The fourth-order valence-electron chi connectivity index (χ4n) is 4.25. The number of unbranched alkanes of at least 4 members (excludes halogenated alkanes) is 5. The molecule has 0 aromatic heterocycles. The van der Waals surface area contributed by atoms with E-state index in [0.717, 1.165) is 32.1 Å². The summed E-state index contributed by atoms with van der Waals surface area (Å²) in [6.45, 7) is 1.71. The minimum Gasteiger partial charge on any atom is -0.469 e. The van der Waals surface area contributed by atoms with Gasteiger partial charge in [-0.3, -0.25) is 14.4 Å². The van der Waals surface area contributed by atoms with E-state index < -0.39 is 55.3 Å². The number of nitrogens with one attached hydrogen (secondary N) is 1. The van der Waals surface area contributed by atoms with Crippen molar-refractivity contribution in [2.45, 2.75) is 96.0 Å². The zero-order valence-corrected chi connectivity index (χ0v) is 24.1. The quantitative estimate of drug-likeness (QED) is 0.121. The highest BCUT2D eigenvalue weighted by molar-refractivity contribution is 5.71. The number of ether oxygens (including phenoxy) is 6. The fourth-order valence-corrected chi connectivity index (χ4v) is 4.25. The van der Waals surface area contributed by atoms with Crippen molar-refractivity contribution in [2.24, 2.45) is 0 Å². The second-order valence-corrected chi connectivity index (χ2v) is 9.77. The molecule has 1 aromatic rings. The Labute approximate surface area is 244 Å². The maximum Gasteiger partial charge on any atom is 0.407 e. The van der Waals surface area contributed by atoms with Gasteiger partial charge in [0.1, 0.15) is 42.5 Å². The van der Waals surface area contributed by atoms with Crippen LogP contribution in [0.25, 0.3) is 0 Å². The highest BCUT2D eigenvalue weighted by Gasteiger charge is 2.45. The molecule has 3 unspecified atom stereocenters. The summed E-state index contributed by atoms with van der Waals surface area (Å²) < 4.78 is 31.3. The van der Waals surface area contributed by atoms with Gasteiger partial charge in [0.15, 0.2) is 6.29 Å². The van der Waals surface area contributed by atoms with Gasteiger partial charge in [-0.15, -0.1) is 0 Å². The van der Waals surface area contributed by atoms with E-state index >= 15 is 0 Å². The second-order valence-electron chi connectivity index (χ2n) is 9.77. The molecule has 1 fully saturated rings. The highest BCUT2D eigenvalue weighted by Crippen LogP contribution is 2.25. The lowest BCUT2D eigenvalue weighted by molar-refractivity contribution is -0.269. The lowest BCUT2D eigenvalue weighted by Crippen LogP contribution is -2.64. The van der Waals surface area contributed by atoms with Crippen molar-refractivity contribution in [3.05, 3.63) is 23.8 Å². The van der Waals surface area contributed by atoms with Gasteiger partial charge in [0.25, 0.3) is 0 Å². The van der Waals surface area contributed by atoms with Gasteiger partial charge < -0.3 is 49.1 Å². The van der Waals surface area contributed by atoms with Gasteiger partial charge >= 0.3 is 24.0 Å². The van der Waals surface area contributed by atoms with Crippen LogP contribution >= 0.6 is 0 Å². The zero-order valence-electron chi connectivity index (χ0n) is 24.1. The molecule has 1 saturated heterocycles. The van der Waals surface area contributed by atoms with Crippen LogP contribution in [0.1, 0.15) is 64.4 Å². The maximum atomic E-state index is 12.6. The Kier molecular flexibility index (Phi) is 15.2. The van der Waals surface area contributed by atoms with Gasteiger partial charge in [0.2, 0.25) is 0 Å². The van der Waals surface area contributed by atoms with E-state index in [9.17, 15) is 34.5 Å². The van der Waals surface area contributed by atoms with Crippen molar-refractivity contribution < 1.29 is 62.9 Å². The van der Waals surface area contributed by atoms with E-state index in [2.05, 4.69) is 10.1 Å². The number of methoxy groups -OCH3 is 1. The number of benzene rings is 1. The van der Waals surface area contributed by atoms with Crippen LogP contribution < -0.4 is 14.8 Å². The summed E-state index contributed by atoms with van der Waals surface area (Å²) in [6.07, 6.45) is -0.930. The number of esters is 3. The van der Waals surface area contributed by atoms with Gasteiger partial charge in [-0.2, -0.15) is 0 Å². The minimum absolute atomic E-state index is 0.0733. The number of carbonyl (C=O) groups is 4. The van der Waals surface area contributed by atoms with Crippen LogP contribution in [-0.4, -0.2) is 90.3 Å². The van der Waals surface area contributed by atoms with Crippen molar-refractivity contribution in [3.63, 3.8) is 0 Å². The molecule has 236 valence electrons. The topological polar surface area (TPSA) is 196 Å². The SMILES string of the molecule is COC(=O)CCCCCCCCO[C@@H]1OC(CO)[C@H](O)C(O)C1NC(=O)OCc1cc(OC(C)=O)cc(OC(C)=O)c1. The van der Waals surface area contributed by atoms with Crippen LogP contribution in [-0.2, 0) is 39.9 Å². The molecule has 1 aliphatic rings. The minimum atomic E-state index is -1.54. The van der Waals surface area contributed by atoms with Gasteiger partial charge in [-0.1, -0.05) is 25.7 Å². The molecule has 0 radical (unpaired) electrons. The van der Waals surface area contributed by atoms with Crippen LogP contribution in [0.5, 0.6) is 11.5 Å². The number of aliphatic hydroxyl groups excluding tert-OH is 3. The van der Waals surface area contributed by atoms with Crippen LogP contribution in [0.3, 0.4) is 0 Å². The Morgan fingerprint density at radius 3 is 2.05 bits per heavy atom. The molecular formula is C28H41NO13. The molecule has 14 heteroatoms. The van der Waals surface area contributed by atoms with E-state index in [1.54, 1.807) is 0 Å². The first-order chi connectivity index (χ1) is 20.0. The molecule has 0 bridgehead atoms. The predicted octanol–water partition coefficient (Wildman–Crippen LogP) is 1.49. The van der Waals surface area contributed by atoms with Crippen LogP contribution in [0, 0.1) is 0 Å². The number of amides is 1. The molecule has 0 spiro atoms. The van der Waals surface area contributed by atoms with Crippen molar-refractivity contribution >= 4 is 24.0 Å². The zero-order chi connectivity index (χ0) is 31.1. The molecule has 1 aromatic carbocycles. The largest absolute Gasteiger partial charge is 0.469 e. The third-order valence-electron chi connectivity index (χ3n) is 6.28. The normalized spacial score (nSPS) is 21.7.